The summed E-state index contributed by atoms with van der Waals surface area (Å²) in [5.74, 6) is 0.0507. The molecule has 1 aliphatic carbocycles. The summed E-state index contributed by atoms with van der Waals surface area (Å²) in [6.45, 7) is 11.6. The fourth-order valence-corrected chi connectivity index (χ4v) is 5.74. The van der Waals surface area contributed by atoms with Crippen molar-refractivity contribution in [2.75, 3.05) is 26.2 Å². The fraction of sp³-hybridized carbons (Fsp3) is 0.650. The maximum absolute atomic E-state index is 13.3. The van der Waals surface area contributed by atoms with Crippen molar-refractivity contribution in [1.29, 1.82) is 0 Å². The summed E-state index contributed by atoms with van der Waals surface area (Å²) in [5, 5.41) is 3.03. The number of carbonyl (C=O) groups is 1. The van der Waals surface area contributed by atoms with Crippen molar-refractivity contribution in [3.8, 4) is 0 Å². The summed E-state index contributed by atoms with van der Waals surface area (Å²) in [6.07, 6.45) is 2.14. The lowest BCUT2D eigenvalue weighted by atomic mass is 10.0. The molecular formula is C20H31N3O3S. The smallest absolute Gasteiger partial charge is 0.243 e. The van der Waals surface area contributed by atoms with Gasteiger partial charge in [-0.3, -0.25) is 9.69 Å². The summed E-state index contributed by atoms with van der Waals surface area (Å²) in [6, 6.07) is 2.17. The van der Waals surface area contributed by atoms with Crippen molar-refractivity contribution < 1.29 is 13.2 Å². The molecule has 1 N–H and O–H groups in total. The Morgan fingerprint density at radius 1 is 1.04 bits per heavy atom. The highest BCUT2D eigenvalue weighted by Gasteiger charge is 2.35. The van der Waals surface area contributed by atoms with Crippen molar-refractivity contribution >= 4 is 15.9 Å². The van der Waals surface area contributed by atoms with Crippen LogP contribution in [-0.4, -0.2) is 61.8 Å². The van der Waals surface area contributed by atoms with Crippen molar-refractivity contribution in [2.24, 2.45) is 0 Å². The van der Waals surface area contributed by atoms with E-state index >= 15 is 0 Å². The van der Waals surface area contributed by atoms with E-state index in [4.69, 9.17) is 0 Å². The first-order valence-corrected chi connectivity index (χ1v) is 11.2. The van der Waals surface area contributed by atoms with Gasteiger partial charge in [0.2, 0.25) is 15.9 Å². The largest absolute Gasteiger partial charge is 0.352 e. The second kappa shape index (κ2) is 7.53. The number of benzene rings is 1. The molecule has 3 rings (SSSR count). The number of rotatable bonds is 5. The molecule has 7 heteroatoms. The molecule has 0 unspecified atom stereocenters. The van der Waals surface area contributed by atoms with Gasteiger partial charge < -0.3 is 5.32 Å². The van der Waals surface area contributed by atoms with Crippen molar-refractivity contribution in [3.05, 3.63) is 28.3 Å². The van der Waals surface area contributed by atoms with E-state index in [-0.39, 0.29) is 11.9 Å². The van der Waals surface area contributed by atoms with E-state index in [1.54, 1.807) is 4.31 Å². The lowest BCUT2D eigenvalue weighted by molar-refractivity contribution is -0.126. The number of aryl methyl sites for hydroxylation is 2. The van der Waals surface area contributed by atoms with E-state index in [9.17, 15) is 13.2 Å². The maximum atomic E-state index is 13.3. The SMILES string of the molecule is Cc1cc(C)c(C)c(S(=O)(=O)N2CCN([C@H](C)C(=O)NC3CC3)CC2)c1C. The Bertz CT molecular complexity index is 812. The molecule has 1 aliphatic heterocycles. The maximum Gasteiger partial charge on any atom is 0.243 e. The van der Waals surface area contributed by atoms with Gasteiger partial charge in [-0.2, -0.15) is 4.31 Å². The predicted molar refractivity (Wildman–Crippen MR) is 106 cm³/mol. The molecule has 6 nitrogen and oxygen atoms in total. The average molecular weight is 394 g/mol. The number of hydrogen-bond acceptors (Lipinski definition) is 4. The minimum Gasteiger partial charge on any atom is -0.352 e. The lowest BCUT2D eigenvalue weighted by Crippen LogP contribution is -2.55. The molecule has 0 aromatic heterocycles. The summed E-state index contributed by atoms with van der Waals surface area (Å²) in [5.41, 5.74) is 3.66. The third-order valence-corrected chi connectivity index (χ3v) is 8.19. The summed E-state index contributed by atoms with van der Waals surface area (Å²) in [7, 11) is -3.54. The minimum atomic E-state index is -3.54. The molecule has 1 amide bonds. The first kappa shape index (κ1) is 20.3. The van der Waals surface area contributed by atoms with Gasteiger partial charge in [-0.15, -0.1) is 0 Å². The van der Waals surface area contributed by atoms with Gasteiger partial charge >= 0.3 is 0 Å². The van der Waals surface area contributed by atoms with Crippen molar-refractivity contribution in [2.45, 2.75) is 64.4 Å². The fourth-order valence-electron chi connectivity index (χ4n) is 3.74. The zero-order valence-electron chi connectivity index (χ0n) is 17.0. The highest BCUT2D eigenvalue weighted by atomic mass is 32.2. The topological polar surface area (TPSA) is 69.7 Å². The molecule has 150 valence electrons. The normalized spacial score (nSPS) is 20.5. The van der Waals surface area contributed by atoms with Crippen LogP contribution in [0.2, 0.25) is 0 Å². The number of amides is 1. The van der Waals surface area contributed by atoms with Crippen LogP contribution in [0, 0.1) is 27.7 Å². The van der Waals surface area contributed by atoms with Crippen molar-refractivity contribution in [1.82, 2.24) is 14.5 Å². The van der Waals surface area contributed by atoms with E-state index in [0.29, 0.717) is 37.1 Å². The zero-order chi connectivity index (χ0) is 19.9. The zero-order valence-corrected chi connectivity index (χ0v) is 17.8. The molecule has 0 bridgehead atoms. The number of nitrogens with one attached hydrogen (secondary N) is 1. The average Bonchev–Trinajstić information content (AvgIpc) is 3.43. The quantitative estimate of drug-likeness (QED) is 0.829. The van der Waals surface area contributed by atoms with Crippen LogP contribution in [0.3, 0.4) is 0 Å². The second-order valence-corrected chi connectivity index (χ2v) is 9.86. The van der Waals surface area contributed by atoms with Crippen LogP contribution < -0.4 is 5.32 Å². The molecule has 1 saturated heterocycles. The van der Waals surface area contributed by atoms with Gasteiger partial charge in [0.05, 0.1) is 10.9 Å². The van der Waals surface area contributed by atoms with Gasteiger partial charge in [0.15, 0.2) is 0 Å². The molecule has 1 aromatic rings. The van der Waals surface area contributed by atoms with Gasteiger partial charge in [-0.05, 0) is 69.7 Å². The first-order chi connectivity index (χ1) is 12.6. The lowest BCUT2D eigenvalue weighted by Gasteiger charge is -2.37. The number of sulfonamides is 1. The van der Waals surface area contributed by atoms with E-state index < -0.39 is 10.0 Å². The molecule has 0 radical (unpaired) electrons. The summed E-state index contributed by atoms with van der Waals surface area (Å²) in [4.78, 5) is 14.8. The molecule has 1 saturated carbocycles. The standard InChI is InChI=1S/C20H31N3O3S/c1-13-12-14(2)16(4)19(15(13)3)27(25,26)23-10-8-22(9-11-23)17(5)20(24)21-18-6-7-18/h12,17-18H,6-11H2,1-5H3,(H,21,24)/t17-/m1/s1. The molecule has 1 heterocycles. The number of carbonyl (C=O) groups excluding carboxylic acids is 1. The highest BCUT2D eigenvalue weighted by molar-refractivity contribution is 7.89. The predicted octanol–water partition coefficient (Wildman–Crippen LogP) is 1.89. The molecule has 2 fully saturated rings. The molecular weight excluding hydrogens is 362 g/mol. The third-order valence-electron chi connectivity index (χ3n) is 6.02. The summed E-state index contributed by atoms with van der Waals surface area (Å²) >= 11 is 0. The molecule has 1 atom stereocenters. The van der Waals surface area contributed by atoms with Gasteiger partial charge in [0, 0.05) is 32.2 Å². The van der Waals surface area contributed by atoms with Gasteiger partial charge in [0.25, 0.3) is 0 Å². The molecule has 27 heavy (non-hydrogen) atoms. The van der Waals surface area contributed by atoms with E-state index in [1.165, 1.54) is 0 Å². The Labute approximate surface area is 163 Å². The third kappa shape index (κ3) is 4.05. The Balaban J connectivity index is 1.73. The van der Waals surface area contributed by atoms with Gasteiger partial charge in [-0.1, -0.05) is 6.07 Å². The number of piperazine rings is 1. The molecule has 2 aliphatic rings. The number of hydrogen-bond donors (Lipinski definition) is 1. The Morgan fingerprint density at radius 3 is 2.04 bits per heavy atom. The second-order valence-electron chi connectivity index (χ2n) is 7.99. The highest BCUT2D eigenvalue weighted by Crippen LogP contribution is 2.29. The van der Waals surface area contributed by atoms with Crippen LogP contribution in [0.25, 0.3) is 0 Å². The van der Waals surface area contributed by atoms with E-state index in [1.807, 2.05) is 40.7 Å². The van der Waals surface area contributed by atoms with Gasteiger partial charge in [-0.25, -0.2) is 8.42 Å². The monoisotopic (exact) mass is 393 g/mol. The minimum absolute atomic E-state index is 0.0507. The van der Waals surface area contributed by atoms with E-state index in [2.05, 4.69) is 10.2 Å². The molecule has 1 aromatic carbocycles. The molecule has 0 spiro atoms. The summed E-state index contributed by atoms with van der Waals surface area (Å²) < 4.78 is 28.2. The first-order valence-electron chi connectivity index (χ1n) is 9.75. The van der Waals surface area contributed by atoms with Crippen LogP contribution in [0.1, 0.15) is 42.0 Å². The number of nitrogens with zero attached hydrogens (tertiary/aromatic N) is 2. The Kier molecular flexibility index (Phi) is 5.66. The van der Waals surface area contributed by atoms with Crippen LogP contribution in [0.5, 0.6) is 0 Å². The van der Waals surface area contributed by atoms with Crippen LogP contribution in [0.15, 0.2) is 11.0 Å². The Morgan fingerprint density at radius 2 is 1.56 bits per heavy atom. The van der Waals surface area contributed by atoms with E-state index in [0.717, 1.165) is 35.1 Å². The van der Waals surface area contributed by atoms with Crippen molar-refractivity contribution in [3.63, 3.8) is 0 Å². The Hall–Kier alpha value is -1.44. The van der Waals surface area contributed by atoms with Crippen LogP contribution in [-0.2, 0) is 14.8 Å². The van der Waals surface area contributed by atoms with Crippen LogP contribution >= 0.6 is 0 Å². The van der Waals surface area contributed by atoms with Gasteiger partial charge in [0.1, 0.15) is 0 Å². The van der Waals surface area contributed by atoms with Crippen LogP contribution in [0.4, 0.5) is 0 Å².